The Morgan fingerprint density at radius 3 is 2.38 bits per heavy atom. The minimum absolute atomic E-state index is 0.0736. The molecule has 6 heteroatoms. The zero-order chi connectivity index (χ0) is 18.8. The number of rotatable bonds is 10. The summed E-state index contributed by atoms with van der Waals surface area (Å²) < 4.78 is 5.00. The van der Waals surface area contributed by atoms with Crippen LogP contribution in [0.5, 0.6) is 0 Å². The highest BCUT2D eigenvalue weighted by atomic mass is 16.3. The predicted octanol–water partition coefficient (Wildman–Crippen LogP) is 2.08. The number of likely N-dealkylation sites (N-methyl/N-ethyl adjacent to an activating group) is 1. The second-order valence-corrected chi connectivity index (χ2v) is 6.03. The maximum Gasteiger partial charge on any atom is 0.287 e. The number of nitrogens with zero attached hydrogens (tertiary/aromatic N) is 1. The molecule has 6 nitrogen and oxygen atoms in total. The molecule has 0 saturated carbocycles. The van der Waals surface area contributed by atoms with Gasteiger partial charge in [-0.15, -0.1) is 0 Å². The van der Waals surface area contributed by atoms with E-state index >= 15 is 0 Å². The van der Waals surface area contributed by atoms with Gasteiger partial charge in [0.15, 0.2) is 5.76 Å². The summed E-state index contributed by atoms with van der Waals surface area (Å²) in [5, 5.41) is 5.48. The minimum Gasteiger partial charge on any atom is -0.459 e. The van der Waals surface area contributed by atoms with E-state index in [-0.39, 0.29) is 24.3 Å². The molecule has 2 amide bonds. The maximum absolute atomic E-state index is 12.1. The van der Waals surface area contributed by atoms with Crippen molar-refractivity contribution in [2.24, 2.45) is 0 Å². The average molecular weight is 357 g/mol. The van der Waals surface area contributed by atoms with Gasteiger partial charge in [-0.1, -0.05) is 44.2 Å². The van der Waals surface area contributed by atoms with Gasteiger partial charge in [-0.2, -0.15) is 0 Å². The molecule has 0 aliphatic carbocycles. The molecule has 1 aromatic carbocycles. The van der Waals surface area contributed by atoms with Gasteiger partial charge in [-0.05, 0) is 37.2 Å². The first kappa shape index (κ1) is 19.7. The summed E-state index contributed by atoms with van der Waals surface area (Å²) in [6.07, 6.45) is 2.29. The fourth-order valence-electron chi connectivity index (χ4n) is 2.91. The molecule has 1 aromatic heterocycles. The quantitative estimate of drug-likeness (QED) is 0.683. The lowest BCUT2D eigenvalue weighted by atomic mass is 10.0. The molecule has 2 aromatic rings. The molecule has 1 heterocycles. The van der Waals surface area contributed by atoms with Crippen molar-refractivity contribution in [3.05, 3.63) is 60.1 Å². The summed E-state index contributed by atoms with van der Waals surface area (Å²) in [5.41, 5.74) is 1.24. The van der Waals surface area contributed by atoms with Crippen LogP contribution in [0.4, 0.5) is 0 Å². The van der Waals surface area contributed by atoms with Crippen LogP contribution in [0.2, 0.25) is 0 Å². The molecule has 2 N–H and O–H groups in total. The third kappa shape index (κ3) is 6.04. The third-order valence-electron chi connectivity index (χ3n) is 4.33. The van der Waals surface area contributed by atoms with Gasteiger partial charge in [0.2, 0.25) is 5.91 Å². The van der Waals surface area contributed by atoms with Crippen LogP contribution < -0.4 is 10.6 Å². The summed E-state index contributed by atoms with van der Waals surface area (Å²) in [6.45, 7) is 6.53. The molecule has 1 unspecified atom stereocenters. The minimum atomic E-state index is -0.394. The summed E-state index contributed by atoms with van der Waals surface area (Å²) in [6, 6.07) is 13.6. The first-order chi connectivity index (χ1) is 12.6. The number of amides is 2. The molecular formula is C20H27N3O3. The van der Waals surface area contributed by atoms with E-state index in [2.05, 4.69) is 41.5 Å². The lowest BCUT2D eigenvalue weighted by molar-refractivity contribution is -0.120. The topological polar surface area (TPSA) is 74.6 Å². The van der Waals surface area contributed by atoms with Crippen molar-refractivity contribution in [1.29, 1.82) is 0 Å². The van der Waals surface area contributed by atoms with Crippen LogP contribution in [0.25, 0.3) is 0 Å². The fraction of sp³-hybridized carbons (Fsp3) is 0.400. The molecule has 0 aliphatic rings. The van der Waals surface area contributed by atoms with Crippen molar-refractivity contribution in [3.63, 3.8) is 0 Å². The largest absolute Gasteiger partial charge is 0.459 e. The molecule has 26 heavy (non-hydrogen) atoms. The highest BCUT2D eigenvalue weighted by Gasteiger charge is 2.18. The van der Waals surface area contributed by atoms with Crippen LogP contribution in [-0.2, 0) is 11.2 Å². The van der Waals surface area contributed by atoms with E-state index in [4.69, 9.17) is 4.42 Å². The standard InChI is InChI=1S/C20H27N3O3/c1-3-23(4-2)17(13-16-9-6-5-7-10-16)14-21-19(24)15-22-20(25)18-11-8-12-26-18/h5-12,17H,3-4,13-15H2,1-2H3,(H,21,24)(H,22,25). The van der Waals surface area contributed by atoms with Crippen LogP contribution in [0.1, 0.15) is 30.0 Å². The molecule has 0 radical (unpaired) electrons. The molecule has 1 atom stereocenters. The van der Waals surface area contributed by atoms with Gasteiger partial charge in [-0.25, -0.2) is 0 Å². The van der Waals surface area contributed by atoms with Crippen LogP contribution in [0.15, 0.2) is 53.1 Å². The SMILES string of the molecule is CCN(CC)C(CNC(=O)CNC(=O)c1ccco1)Cc1ccccc1. The van der Waals surface area contributed by atoms with E-state index in [1.165, 1.54) is 11.8 Å². The van der Waals surface area contributed by atoms with Gasteiger partial charge in [0.1, 0.15) is 0 Å². The Morgan fingerprint density at radius 1 is 1.04 bits per heavy atom. The number of hydrogen-bond donors (Lipinski definition) is 2. The Balaban J connectivity index is 1.85. The van der Waals surface area contributed by atoms with E-state index in [0.29, 0.717) is 6.54 Å². The number of benzene rings is 1. The Bertz CT molecular complexity index is 667. The summed E-state index contributed by atoms with van der Waals surface area (Å²) >= 11 is 0. The normalized spacial score (nSPS) is 12.0. The first-order valence-corrected chi connectivity index (χ1v) is 9.00. The number of hydrogen-bond acceptors (Lipinski definition) is 4. The van der Waals surface area contributed by atoms with E-state index in [1.807, 2.05) is 18.2 Å². The zero-order valence-electron chi connectivity index (χ0n) is 15.4. The Labute approximate surface area is 154 Å². The number of carbonyl (C=O) groups excluding carboxylic acids is 2. The smallest absolute Gasteiger partial charge is 0.287 e. The predicted molar refractivity (Wildman–Crippen MR) is 101 cm³/mol. The summed E-state index contributed by atoms with van der Waals surface area (Å²) in [4.78, 5) is 26.2. The van der Waals surface area contributed by atoms with Crippen LogP contribution in [0.3, 0.4) is 0 Å². The Hall–Kier alpha value is -2.60. The van der Waals surface area contributed by atoms with E-state index in [9.17, 15) is 9.59 Å². The van der Waals surface area contributed by atoms with Crippen molar-refractivity contribution >= 4 is 11.8 Å². The van der Waals surface area contributed by atoms with Crippen molar-refractivity contribution in [2.45, 2.75) is 26.3 Å². The van der Waals surface area contributed by atoms with Gasteiger partial charge in [0, 0.05) is 12.6 Å². The van der Waals surface area contributed by atoms with Gasteiger partial charge in [0.25, 0.3) is 5.91 Å². The molecule has 0 bridgehead atoms. The van der Waals surface area contributed by atoms with Crippen molar-refractivity contribution in [2.75, 3.05) is 26.2 Å². The van der Waals surface area contributed by atoms with Crippen molar-refractivity contribution in [1.82, 2.24) is 15.5 Å². The molecule has 0 fully saturated rings. The van der Waals surface area contributed by atoms with E-state index < -0.39 is 5.91 Å². The van der Waals surface area contributed by atoms with Gasteiger partial charge < -0.3 is 15.1 Å². The first-order valence-electron chi connectivity index (χ1n) is 9.00. The van der Waals surface area contributed by atoms with Crippen LogP contribution in [-0.4, -0.2) is 48.9 Å². The highest BCUT2D eigenvalue weighted by molar-refractivity contribution is 5.94. The monoisotopic (exact) mass is 357 g/mol. The Morgan fingerprint density at radius 2 is 1.77 bits per heavy atom. The second kappa shape index (κ2) is 10.4. The van der Waals surface area contributed by atoms with Crippen LogP contribution >= 0.6 is 0 Å². The molecule has 0 aliphatic heterocycles. The van der Waals surface area contributed by atoms with Gasteiger partial charge >= 0.3 is 0 Å². The van der Waals surface area contributed by atoms with Crippen molar-refractivity contribution in [3.8, 4) is 0 Å². The summed E-state index contributed by atoms with van der Waals surface area (Å²) in [7, 11) is 0. The molecule has 2 rings (SSSR count). The number of nitrogens with one attached hydrogen (secondary N) is 2. The maximum atomic E-state index is 12.1. The summed E-state index contributed by atoms with van der Waals surface area (Å²) in [5.74, 6) is -0.409. The third-order valence-corrected chi connectivity index (χ3v) is 4.33. The van der Waals surface area contributed by atoms with E-state index in [0.717, 1.165) is 19.5 Å². The number of carbonyl (C=O) groups is 2. The second-order valence-electron chi connectivity index (χ2n) is 6.03. The fourth-order valence-corrected chi connectivity index (χ4v) is 2.91. The highest BCUT2D eigenvalue weighted by Crippen LogP contribution is 2.08. The van der Waals surface area contributed by atoms with Gasteiger partial charge in [-0.3, -0.25) is 14.5 Å². The van der Waals surface area contributed by atoms with Crippen LogP contribution in [0, 0.1) is 0 Å². The van der Waals surface area contributed by atoms with E-state index in [1.54, 1.807) is 12.1 Å². The zero-order valence-corrected chi connectivity index (χ0v) is 15.4. The van der Waals surface area contributed by atoms with Gasteiger partial charge in [0.05, 0.1) is 12.8 Å². The number of furan rings is 1. The molecular weight excluding hydrogens is 330 g/mol. The molecule has 0 saturated heterocycles. The Kier molecular flexibility index (Phi) is 7.89. The molecule has 0 spiro atoms. The average Bonchev–Trinajstić information content (AvgIpc) is 3.20. The lowest BCUT2D eigenvalue weighted by Crippen LogP contribution is -2.47. The van der Waals surface area contributed by atoms with Crippen molar-refractivity contribution < 1.29 is 14.0 Å². The molecule has 140 valence electrons. The lowest BCUT2D eigenvalue weighted by Gasteiger charge is -2.30.